The van der Waals surface area contributed by atoms with Crippen LogP contribution in [-0.2, 0) is 0 Å². The van der Waals surface area contributed by atoms with Gasteiger partial charge in [0.25, 0.3) is 5.91 Å². The summed E-state index contributed by atoms with van der Waals surface area (Å²) in [6.45, 7) is 1.85. The molecule has 0 bridgehead atoms. The lowest BCUT2D eigenvalue weighted by molar-refractivity contribution is 0.0907. The maximum atomic E-state index is 12.0. The van der Waals surface area contributed by atoms with Crippen molar-refractivity contribution in [1.29, 1.82) is 0 Å². The van der Waals surface area contributed by atoms with Crippen molar-refractivity contribution in [3.8, 4) is 0 Å². The summed E-state index contributed by atoms with van der Waals surface area (Å²) >= 11 is 0. The molecule has 0 radical (unpaired) electrons. The van der Waals surface area contributed by atoms with Crippen molar-refractivity contribution in [2.24, 2.45) is 17.6 Å². The van der Waals surface area contributed by atoms with Crippen molar-refractivity contribution in [1.82, 2.24) is 5.32 Å². The standard InChI is InChI=1S/C14H20N2O2/c1-8-2-3-13(18-8)14(17)16-12-6-9-4-11(15)5-10(9)7-12/h2-3,9-12H,4-7,15H2,1H3,(H,16,17). The van der Waals surface area contributed by atoms with E-state index in [4.69, 9.17) is 10.2 Å². The molecule has 18 heavy (non-hydrogen) atoms. The molecule has 4 nitrogen and oxygen atoms in total. The van der Waals surface area contributed by atoms with Crippen LogP contribution >= 0.6 is 0 Å². The van der Waals surface area contributed by atoms with Crippen LogP contribution in [0.3, 0.4) is 0 Å². The van der Waals surface area contributed by atoms with Crippen LogP contribution in [0.2, 0.25) is 0 Å². The topological polar surface area (TPSA) is 68.3 Å². The van der Waals surface area contributed by atoms with E-state index in [2.05, 4.69) is 5.32 Å². The van der Waals surface area contributed by atoms with Crippen LogP contribution in [-0.4, -0.2) is 18.0 Å². The van der Waals surface area contributed by atoms with Crippen molar-refractivity contribution in [3.05, 3.63) is 23.7 Å². The quantitative estimate of drug-likeness (QED) is 0.839. The van der Waals surface area contributed by atoms with Crippen molar-refractivity contribution in [3.63, 3.8) is 0 Å². The molecule has 2 atom stereocenters. The van der Waals surface area contributed by atoms with Gasteiger partial charge >= 0.3 is 0 Å². The van der Waals surface area contributed by atoms with Gasteiger partial charge in [0.05, 0.1) is 0 Å². The Balaban J connectivity index is 1.57. The number of rotatable bonds is 2. The Kier molecular flexibility index (Phi) is 2.90. The normalized spacial score (nSPS) is 34.6. The Morgan fingerprint density at radius 3 is 2.50 bits per heavy atom. The predicted molar refractivity (Wildman–Crippen MR) is 68.1 cm³/mol. The highest BCUT2D eigenvalue weighted by Gasteiger charge is 2.41. The van der Waals surface area contributed by atoms with Crippen LogP contribution in [0.15, 0.2) is 16.5 Å². The summed E-state index contributed by atoms with van der Waals surface area (Å²) in [6, 6.07) is 4.23. The SMILES string of the molecule is Cc1ccc(C(=O)NC2CC3CC(N)CC3C2)o1. The summed E-state index contributed by atoms with van der Waals surface area (Å²) in [4.78, 5) is 12.0. The number of carbonyl (C=O) groups is 1. The van der Waals surface area contributed by atoms with E-state index in [0.717, 1.165) is 31.4 Å². The largest absolute Gasteiger partial charge is 0.456 e. The Morgan fingerprint density at radius 2 is 1.94 bits per heavy atom. The number of hydrogen-bond acceptors (Lipinski definition) is 3. The first kappa shape index (κ1) is 11.8. The second-order valence-corrected chi connectivity index (χ2v) is 5.80. The summed E-state index contributed by atoms with van der Waals surface area (Å²) in [5.74, 6) is 2.53. The molecule has 0 spiro atoms. The molecule has 2 saturated carbocycles. The Labute approximate surface area is 107 Å². The molecule has 0 aliphatic heterocycles. The van der Waals surface area contributed by atoms with Crippen LogP contribution in [0.5, 0.6) is 0 Å². The van der Waals surface area contributed by atoms with Gasteiger partial charge in [0, 0.05) is 12.1 Å². The zero-order chi connectivity index (χ0) is 12.7. The van der Waals surface area contributed by atoms with Gasteiger partial charge in [-0.3, -0.25) is 4.79 Å². The molecular formula is C14H20N2O2. The highest BCUT2D eigenvalue weighted by atomic mass is 16.3. The van der Waals surface area contributed by atoms with E-state index in [9.17, 15) is 4.79 Å². The lowest BCUT2D eigenvalue weighted by Crippen LogP contribution is -2.33. The average molecular weight is 248 g/mol. The molecule has 0 saturated heterocycles. The fraction of sp³-hybridized carbons (Fsp3) is 0.643. The first-order chi connectivity index (χ1) is 8.61. The van der Waals surface area contributed by atoms with Gasteiger partial charge in [-0.05, 0) is 56.6 Å². The number of aryl methyl sites for hydroxylation is 1. The van der Waals surface area contributed by atoms with Crippen molar-refractivity contribution < 1.29 is 9.21 Å². The zero-order valence-corrected chi connectivity index (χ0v) is 10.7. The van der Waals surface area contributed by atoms with Crippen LogP contribution in [0.25, 0.3) is 0 Å². The Bertz CT molecular complexity index is 440. The maximum absolute atomic E-state index is 12.0. The Morgan fingerprint density at radius 1 is 1.28 bits per heavy atom. The van der Waals surface area contributed by atoms with Gasteiger partial charge in [-0.15, -0.1) is 0 Å². The molecule has 1 amide bonds. The molecule has 2 fully saturated rings. The number of fused-ring (bicyclic) bond motifs is 1. The lowest BCUT2D eigenvalue weighted by Gasteiger charge is -2.13. The number of amides is 1. The zero-order valence-electron chi connectivity index (χ0n) is 10.7. The average Bonchev–Trinajstić information content (AvgIpc) is 2.92. The van der Waals surface area contributed by atoms with Gasteiger partial charge < -0.3 is 15.5 Å². The van der Waals surface area contributed by atoms with Gasteiger partial charge in [0.15, 0.2) is 5.76 Å². The fourth-order valence-electron chi connectivity index (χ4n) is 3.59. The van der Waals surface area contributed by atoms with Crippen molar-refractivity contribution in [2.75, 3.05) is 0 Å². The van der Waals surface area contributed by atoms with Crippen molar-refractivity contribution in [2.45, 2.75) is 44.7 Å². The number of nitrogens with two attached hydrogens (primary N) is 1. The second kappa shape index (κ2) is 4.43. The molecule has 98 valence electrons. The molecule has 2 aliphatic rings. The van der Waals surface area contributed by atoms with Crippen molar-refractivity contribution >= 4 is 5.91 Å². The maximum Gasteiger partial charge on any atom is 0.287 e. The second-order valence-electron chi connectivity index (χ2n) is 5.80. The highest BCUT2D eigenvalue weighted by molar-refractivity contribution is 5.91. The van der Waals surface area contributed by atoms with E-state index >= 15 is 0 Å². The van der Waals surface area contributed by atoms with E-state index < -0.39 is 0 Å². The summed E-state index contributed by atoms with van der Waals surface area (Å²) in [5.41, 5.74) is 5.96. The monoisotopic (exact) mass is 248 g/mol. The first-order valence-corrected chi connectivity index (χ1v) is 6.74. The van der Waals surface area contributed by atoms with Crippen LogP contribution in [0.4, 0.5) is 0 Å². The van der Waals surface area contributed by atoms with E-state index in [-0.39, 0.29) is 5.91 Å². The minimum Gasteiger partial charge on any atom is -0.456 e. The predicted octanol–water partition coefficient (Wildman–Crippen LogP) is 1.83. The van der Waals surface area contributed by atoms with Crippen LogP contribution in [0.1, 0.15) is 42.0 Å². The Hall–Kier alpha value is -1.29. The molecule has 3 rings (SSSR count). The minimum atomic E-state index is -0.0858. The van der Waals surface area contributed by atoms with Crippen LogP contribution < -0.4 is 11.1 Å². The van der Waals surface area contributed by atoms with E-state index in [1.807, 2.05) is 13.0 Å². The summed E-state index contributed by atoms with van der Waals surface area (Å²) in [6.07, 6.45) is 4.39. The number of furan rings is 1. The molecule has 1 heterocycles. The molecule has 2 unspecified atom stereocenters. The number of hydrogen-bond donors (Lipinski definition) is 2. The lowest BCUT2D eigenvalue weighted by atomic mass is 10.0. The van der Waals surface area contributed by atoms with Gasteiger partial charge in [-0.2, -0.15) is 0 Å². The molecule has 1 aromatic rings. The van der Waals surface area contributed by atoms with Gasteiger partial charge in [-0.25, -0.2) is 0 Å². The summed E-state index contributed by atoms with van der Waals surface area (Å²) in [7, 11) is 0. The van der Waals surface area contributed by atoms with E-state index in [1.165, 1.54) is 0 Å². The summed E-state index contributed by atoms with van der Waals surface area (Å²) in [5, 5.41) is 3.08. The highest BCUT2D eigenvalue weighted by Crippen LogP contribution is 2.43. The third-order valence-electron chi connectivity index (χ3n) is 4.35. The van der Waals surface area contributed by atoms with E-state index in [1.54, 1.807) is 6.07 Å². The van der Waals surface area contributed by atoms with Gasteiger partial charge in [0.2, 0.25) is 0 Å². The third kappa shape index (κ3) is 2.17. The molecule has 4 heteroatoms. The first-order valence-electron chi connectivity index (χ1n) is 6.74. The number of nitrogens with one attached hydrogen (secondary N) is 1. The van der Waals surface area contributed by atoms with Gasteiger partial charge in [-0.1, -0.05) is 0 Å². The molecular weight excluding hydrogens is 228 g/mol. The van der Waals surface area contributed by atoms with Gasteiger partial charge in [0.1, 0.15) is 5.76 Å². The van der Waals surface area contributed by atoms with Crippen LogP contribution in [0, 0.1) is 18.8 Å². The molecule has 2 aliphatic carbocycles. The molecule has 3 N–H and O–H groups in total. The molecule has 0 aromatic carbocycles. The minimum absolute atomic E-state index is 0.0858. The number of carbonyl (C=O) groups excluding carboxylic acids is 1. The smallest absolute Gasteiger partial charge is 0.287 e. The fourth-order valence-corrected chi connectivity index (χ4v) is 3.59. The van der Waals surface area contributed by atoms with E-state index in [0.29, 0.717) is 29.7 Å². The third-order valence-corrected chi connectivity index (χ3v) is 4.35. The summed E-state index contributed by atoms with van der Waals surface area (Å²) < 4.78 is 5.33. The molecule has 1 aromatic heterocycles.